The summed E-state index contributed by atoms with van der Waals surface area (Å²) in [5.41, 5.74) is -0.717. The maximum atomic E-state index is 12.2. The Morgan fingerprint density at radius 1 is 1.26 bits per heavy atom. The normalized spacial score (nSPS) is 17.0. The lowest BCUT2D eigenvalue weighted by Crippen LogP contribution is -2.45. The van der Waals surface area contributed by atoms with Crippen LogP contribution < -0.4 is 21.9 Å². The van der Waals surface area contributed by atoms with E-state index in [1.54, 1.807) is 0 Å². The molecule has 0 saturated carbocycles. The molecule has 1 aliphatic rings. The third-order valence-electron chi connectivity index (χ3n) is 3.49. The Balaban J connectivity index is 0.00000132. The zero-order chi connectivity index (χ0) is 14.8. The molecule has 0 radical (unpaired) electrons. The molecular formula is C13H17Cl2N5O3. The summed E-state index contributed by atoms with van der Waals surface area (Å²) in [6, 6.07) is 1.51. The number of halogens is 2. The number of hydrogen-bond donors (Lipinski definition) is 4. The fourth-order valence-corrected chi connectivity index (χ4v) is 2.41. The van der Waals surface area contributed by atoms with E-state index in [2.05, 4.69) is 25.6 Å². The average molecular weight is 362 g/mol. The van der Waals surface area contributed by atoms with Crippen LogP contribution in [-0.4, -0.2) is 40.0 Å². The van der Waals surface area contributed by atoms with Gasteiger partial charge in [-0.3, -0.25) is 19.6 Å². The molecule has 1 aliphatic heterocycles. The van der Waals surface area contributed by atoms with Gasteiger partial charge in [-0.1, -0.05) is 0 Å². The van der Waals surface area contributed by atoms with E-state index in [0.29, 0.717) is 5.56 Å². The number of rotatable bonds is 2. The highest BCUT2D eigenvalue weighted by Crippen LogP contribution is 2.07. The first-order valence-corrected chi connectivity index (χ1v) is 6.77. The number of carbonyl (C=O) groups is 1. The Kier molecular flexibility index (Phi) is 6.74. The summed E-state index contributed by atoms with van der Waals surface area (Å²) in [7, 11) is 0. The molecule has 1 amide bonds. The predicted molar refractivity (Wildman–Crippen MR) is 90.8 cm³/mol. The Morgan fingerprint density at radius 2 is 2.04 bits per heavy atom. The number of H-pyrrole nitrogens is 2. The van der Waals surface area contributed by atoms with Crippen LogP contribution in [0.2, 0.25) is 0 Å². The molecule has 0 bridgehead atoms. The van der Waals surface area contributed by atoms with E-state index in [1.165, 1.54) is 12.3 Å². The second kappa shape index (κ2) is 8.09. The number of carbonyl (C=O) groups excluding carboxylic acids is 1. The fraction of sp³-hybridized carbons (Fsp3) is 0.385. The number of hydrogen-bond acceptors (Lipinski definition) is 5. The van der Waals surface area contributed by atoms with Gasteiger partial charge >= 0.3 is 5.69 Å². The molecule has 23 heavy (non-hydrogen) atoms. The van der Waals surface area contributed by atoms with Crippen LogP contribution in [0.3, 0.4) is 0 Å². The second-order valence-corrected chi connectivity index (χ2v) is 5.05. The van der Waals surface area contributed by atoms with Crippen molar-refractivity contribution in [1.29, 1.82) is 0 Å². The van der Waals surface area contributed by atoms with E-state index in [0.717, 1.165) is 25.9 Å². The van der Waals surface area contributed by atoms with E-state index in [9.17, 15) is 14.4 Å². The quantitative estimate of drug-likeness (QED) is 0.597. The molecule has 3 heterocycles. The maximum Gasteiger partial charge on any atom is 0.327 e. The van der Waals surface area contributed by atoms with Crippen molar-refractivity contribution in [1.82, 2.24) is 25.6 Å². The number of piperidine rings is 1. The Hall–Kier alpha value is -1.90. The Bertz CT molecular complexity index is 798. The molecule has 2 aromatic rings. The minimum atomic E-state index is -0.620. The summed E-state index contributed by atoms with van der Waals surface area (Å²) in [5, 5.41) is 6.30. The molecule has 1 atom stereocenters. The highest BCUT2D eigenvalue weighted by molar-refractivity contribution is 5.96. The molecule has 10 heteroatoms. The number of aromatic nitrogens is 3. The van der Waals surface area contributed by atoms with Crippen LogP contribution in [0.5, 0.6) is 0 Å². The van der Waals surface area contributed by atoms with Gasteiger partial charge in [0.05, 0.1) is 10.9 Å². The number of nitrogens with zero attached hydrogens (tertiary/aromatic N) is 1. The van der Waals surface area contributed by atoms with Gasteiger partial charge in [0.2, 0.25) is 0 Å². The summed E-state index contributed by atoms with van der Waals surface area (Å²) < 4.78 is 0. The van der Waals surface area contributed by atoms with Crippen molar-refractivity contribution in [3.8, 4) is 0 Å². The van der Waals surface area contributed by atoms with Gasteiger partial charge in [0, 0.05) is 18.8 Å². The summed E-state index contributed by atoms with van der Waals surface area (Å²) in [4.78, 5) is 43.5. The summed E-state index contributed by atoms with van der Waals surface area (Å²) in [6.45, 7) is 1.70. The van der Waals surface area contributed by atoms with Crippen LogP contribution in [0, 0.1) is 0 Å². The number of fused-ring (bicyclic) bond motifs is 1. The van der Waals surface area contributed by atoms with Crippen molar-refractivity contribution < 1.29 is 4.79 Å². The van der Waals surface area contributed by atoms with Gasteiger partial charge in [-0.25, -0.2) is 9.78 Å². The van der Waals surface area contributed by atoms with Gasteiger partial charge in [0.25, 0.3) is 11.5 Å². The van der Waals surface area contributed by atoms with E-state index >= 15 is 0 Å². The molecule has 4 N–H and O–H groups in total. The number of aromatic amines is 2. The first-order chi connectivity index (χ1) is 10.1. The zero-order valence-corrected chi connectivity index (χ0v) is 13.7. The second-order valence-electron chi connectivity index (χ2n) is 5.05. The Labute approximate surface area is 143 Å². The molecule has 0 aliphatic carbocycles. The molecule has 3 rings (SSSR count). The molecule has 8 nitrogen and oxygen atoms in total. The SMILES string of the molecule is Cl.Cl.O=C(NC1CCCNC1)c1cnc2[nH]c(=O)[nH]c(=O)c2c1. The zero-order valence-electron chi connectivity index (χ0n) is 12.0. The van der Waals surface area contributed by atoms with E-state index in [1.807, 2.05) is 0 Å². The molecule has 0 spiro atoms. The largest absolute Gasteiger partial charge is 0.348 e. The van der Waals surface area contributed by atoms with Crippen LogP contribution in [0.4, 0.5) is 0 Å². The lowest BCUT2D eigenvalue weighted by atomic mass is 10.1. The minimum Gasteiger partial charge on any atom is -0.348 e. The lowest BCUT2D eigenvalue weighted by Gasteiger charge is -2.23. The van der Waals surface area contributed by atoms with Gasteiger partial charge in [0.1, 0.15) is 5.65 Å². The van der Waals surface area contributed by atoms with Gasteiger partial charge < -0.3 is 10.6 Å². The monoisotopic (exact) mass is 361 g/mol. The van der Waals surface area contributed by atoms with Crippen LogP contribution in [-0.2, 0) is 0 Å². The van der Waals surface area contributed by atoms with E-state index in [4.69, 9.17) is 0 Å². The van der Waals surface area contributed by atoms with Crippen molar-refractivity contribution in [2.75, 3.05) is 13.1 Å². The topological polar surface area (TPSA) is 120 Å². The molecule has 0 aromatic carbocycles. The molecule has 126 valence electrons. The fourth-order valence-electron chi connectivity index (χ4n) is 2.41. The highest BCUT2D eigenvalue weighted by atomic mass is 35.5. The molecule has 1 saturated heterocycles. The van der Waals surface area contributed by atoms with E-state index in [-0.39, 0.29) is 47.8 Å². The van der Waals surface area contributed by atoms with Gasteiger partial charge in [-0.05, 0) is 25.5 Å². The van der Waals surface area contributed by atoms with Gasteiger partial charge in [-0.15, -0.1) is 24.8 Å². The van der Waals surface area contributed by atoms with Crippen LogP contribution in [0.15, 0.2) is 21.9 Å². The molecular weight excluding hydrogens is 345 g/mol. The highest BCUT2D eigenvalue weighted by Gasteiger charge is 2.17. The number of amides is 1. The van der Waals surface area contributed by atoms with Crippen LogP contribution in [0.1, 0.15) is 23.2 Å². The van der Waals surface area contributed by atoms with Crippen molar-refractivity contribution in [3.05, 3.63) is 38.7 Å². The maximum absolute atomic E-state index is 12.2. The first kappa shape index (κ1) is 19.1. The van der Waals surface area contributed by atoms with Crippen LogP contribution >= 0.6 is 24.8 Å². The molecule has 1 unspecified atom stereocenters. The van der Waals surface area contributed by atoms with Crippen molar-refractivity contribution in [3.63, 3.8) is 0 Å². The minimum absolute atomic E-state index is 0. The number of nitrogens with one attached hydrogen (secondary N) is 4. The number of pyridine rings is 1. The summed E-state index contributed by atoms with van der Waals surface area (Å²) in [5.74, 6) is -0.274. The van der Waals surface area contributed by atoms with Crippen LogP contribution in [0.25, 0.3) is 11.0 Å². The first-order valence-electron chi connectivity index (χ1n) is 6.77. The Morgan fingerprint density at radius 3 is 2.74 bits per heavy atom. The standard InChI is InChI=1S/C13H15N5O3.2ClH/c19-11(16-8-2-1-3-14-6-8)7-4-9-10(15-5-7)17-13(21)18-12(9)20;;/h4-5,8,14H,1-3,6H2,(H,16,19)(H2,15,17,18,20,21);2*1H. The van der Waals surface area contributed by atoms with Crippen molar-refractivity contribution in [2.24, 2.45) is 0 Å². The molecule has 1 fully saturated rings. The van der Waals surface area contributed by atoms with Gasteiger partial charge in [0.15, 0.2) is 0 Å². The van der Waals surface area contributed by atoms with Gasteiger partial charge in [-0.2, -0.15) is 0 Å². The average Bonchev–Trinajstić information content (AvgIpc) is 2.47. The predicted octanol–water partition coefficient (Wildman–Crippen LogP) is -0.0632. The van der Waals surface area contributed by atoms with E-state index < -0.39 is 11.2 Å². The third kappa shape index (κ3) is 4.31. The summed E-state index contributed by atoms with van der Waals surface area (Å²) >= 11 is 0. The third-order valence-corrected chi connectivity index (χ3v) is 3.49. The van der Waals surface area contributed by atoms with Crippen molar-refractivity contribution >= 4 is 41.8 Å². The molecule has 2 aromatic heterocycles. The lowest BCUT2D eigenvalue weighted by molar-refractivity contribution is 0.0930. The smallest absolute Gasteiger partial charge is 0.327 e. The summed E-state index contributed by atoms with van der Waals surface area (Å²) in [6.07, 6.45) is 3.29. The van der Waals surface area contributed by atoms with Crippen molar-refractivity contribution in [2.45, 2.75) is 18.9 Å².